The summed E-state index contributed by atoms with van der Waals surface area (Å²) in [6.07, 6.45) is 6.46. The quantitative estimate of drug-likeness (QED) is 0.765. The van der Waals surface area contributed by atoms with E-state index in [1.807, 2.05) is 11.7 Å². The lowest BCUT2D eigenvalue weighted by Crippen LogP contribution is -2.17. The molecule has 0 amide bonds. The molecule has 3 rings (SSSR count). The number of halogens is 1. The predicted octanol–water partition coefficient (Wildman–Crippen LogP) is 4.07. The second kappa shape index (κ2) is 5.04. The molecule has 2 nitrogen and oxygen atoms in total. The van der Waals surface area contributed by atoms with Crippen LogP contribution < -0.4 is 0 Å². The first kappa shape index (κ1) is 12.2. The maximum absolute atomic E-state index is 4.71. The van der Waals surface area contributed by atoms with Gasteiger partial charge < -0.3 is 0 Å². The van der Waals surface area contributed by atoms with Crippen LogP contribution in [0.25, 0.3) is 10.9 Å². The van der Waals surface area contributed by atoms with Crippen LogP contribution in [0.2, 0.25) is 0 Å². The van der Waals surface area contributed by atoms with Gasteiger partial charge in [-0.05, 0) is 37.7 Å². The zero-order valence-corrected chi connectivity index (χ0v) is 12.4. The number of nitrogens with zero attached hydrogens (tertiary/aromatic N) is 2. The molecule has 1 aromatic heterocycles. The number of para-hydroxylation sites is 1. The summed E-state index contributed by atoms with van der Waals surface area (Å²) in [5, 5.41) is 6.04. The lowest BCUT2D eigenvalue weighted by molar-refractivity contribution is 0.365. The van der Waals surface area contributed by atoms with E-state index < -0.39 is 0 Å². The van der Waals surface area contributed by atoms with Crippen molar-refractivity contribution in [3.05, 3.63) is 30.0 Å². The van der Waals surface area contributed by atoms with Crippen LogP contribution in [-0.2, 0) is 13.5 Å². The average Bonchev–Trinajstić information content (AvgIpc) is 2.67. The van der Waals surface area contributed by atoms with Crippen molar-refractivity contribution in [1.29, 1.82) is 0 Å². The summed E-state index contributed by atoms with van der Waals surface area (Å²) < 4.78 is 2.01. The molecule has 2 aromatic rings. The molecule has 0 N–H and O–H groups in total. The molecule has 0 radical (unpaired) electrons. The maximum atomic E-state index is 4.71. The Hall–Kier alpha value is -0.830. The highest BCUT2D eigenvalue weighted by Crippen LogP contribution is 2.32. The van der Waals surface area contributed by atoms with Gasteiger partial charge in [-0.3, -0.25) is 4.68 Å². The Morgan fingerprint density at radius 1 is 1.33 bits per heavy atom. The summed E-state index contributed by atoms with van der Waals surface area (Å²) in [7, 11) is 2.04. The van der Waals surface area contributed by atoms with Crippen molar-refractivity contribution in [2.75, 3.05) is 0 Å². The van der Waals surface area contributed by atoms with Crippen LogP contribution in [0.1, 0.15) is 31.4 Å². The highest BCUT2D eigenvalue weighted by Gasteiger charge is 2.22. The number of hydrogen-bond donors (Lipinski definition) is 0. The molecule has 0 bridgehead atoms. The molecular weight excluding hydrogens is 288 g/mol. The third kappa shape index (κ3) is 2.33. The van der Waals surface area contributed by atoms with E-state index in [-0.39, 0.29) is 0 Å². The SMILES string of the molecule is Cn1nc(CC2CCCC(Br)C2)c2ccccc21. The van der Waals surface area contributed by atoms with E-state index in [1.54, 1.807) is 0 Å². The number of aromatic nitrogens is 2. The van der Waals surface area contributed by atoms with Gasteiger partial charge in [-0.15, -0.1) is 0 Å². The number of rotatable bonds is 2. The number of alkyl halides is 1. The molecule has 1 aliphatic carbocycles. The van der Waals surface area contributed by atoms with Crippen LogP contribution in [0.3, 0.4) is 0 Å². The summed E-state index contributed by atoms with van der Waals surface area (Å²) in [5.41, 5.74) is 2.53. The van der Waals surface area contributed by atoms with Crippen molar-refractivity contribution in [3.8, 4) is 0 Å². The highest BCUT2D eigenvalue weighted by atomic mass is 79.9. The largest absolute Gasteiger partial charge is 0.268 e. The molecule has 1 fully saturated rings. The Balaban J connectivity index is 1.86. The summed E-state index contributed by atoms with van der Waals surface area (Å²) in [6.45, 7) is 0. The van der Waals surface area contributed by atoms with Gasteiger partial charge in [0.15, 0.2) is 0 Å². The van der Waals surface area contributed by atoms with Crippen molar-refractivity contribution < 1.29 is 0 Å². The first-order valence-corrected chi connectivity index (χ1v) is 7.70. The fourth-order valence-electron chi connectivity index (χ4n) is 3.12. The number of hydrogen-bond acceptors (Lipinski definition) is 1. The van der Waals surface area contributed by atoms with E-state index in [0.717, 1.165) is 12.3 Å². The van der Waals surface area contributed by atoms with Crippen molar-refractivity contribution in [1.82, 2.24) is 9.78 Å². The molecule has 0 aliphatic heterocycles. The van der Waals surface area contributed by atoms with Crippen molar-refractivity contribution in [3.63, 3.8) is 0 Å². The minimum Gasteiger partial charge on any atom is -0.268 e. The fraction of sp³-hybridized carbons (Fsp3) is 0.533. The van der Waals surface area contributed by atoms with Gasteiger partial charge >= 0.3 is 0 Å². The summed E-state index contributed by atoms with van der Waals surface area (Å²) in [4.78, 5) is 0.714. The number of benzene rings is 1. The first-order chi connectivity index (χ1) is 8.74. The van der Waals surface area contributed by atoms with Crippen molar-refractivity contribution >= 4 is 26.8 Å². The van der Waals surface area contributed by atoms with Crippen LogP contribution in [0, 0.1) is 5.92 Å². The third-order valence-corrected chi connectivity index (χ3v) is 4.87. The Bertz CT molecular complexity index is 546. The molecule has 96 valence electrons. The summed E-state index contributed by atoms with van der Waals surface area (Å²) in [5.74, 6) is 0.793. The van der Waals surface area contributed by atoms with Gasteiger partial charge in [-0.25, -0.2) is 0 Å². The molecule has 0 saturated heterocycles. The Morgan fingerprint density at radius 3 is 3.00 bits per heavy atom. The molecule has 3 heteroatoms. The van der Waals surface area contributed by atoms with E-state index in [4.69, 9.17) is 5.10 Å². The van der Waals surface area contributed by atoms with Crippen molar-refractivity contribution in [2.45, 2.75) is 36.9 Å². The van der Waals surface area contributed by atoms with Crippen LogP contribution in [0.15, 0.2) is 24.3 Å². The minimum absolute atomic E-state index is 0.714. The molecule has 18 heavy (non-hydrogen) atoms. The van der Waals surface area contributed by atoms with E-state index in [9.17, 15) is 0 Å². The standard InChI is InChI=1S/C15H19BrN2/c1-18-15-8-3-2-7-13(15)14(17-18)10-11-5-4-6-12(16)9-11/h2-3,7-8,11-12H,4-6,9-10H2,1H3. The number of aryl methyl sites for hydroxylation is 1. The average molecular weight is 307 g/mol. The number of fused-ring (bicyclic) bond motifs is 1. The van der Waals surface area contributed by atoms with Crippen LogP contribution in [0.4, 0.5) is 0 Å². The Kier molecular flexibility index (Phi) is 3.42. The zero-order chi connectivity index (χ0) is 12.5. The van der Waals surface area contributed by atoms with Gasteiger partial charge in [0.2, 0.25) is 0 Å². The van der Waals surface area contributed by atoms with E-state index in [2.05, 4.69) is 40.2 Å². The molecule has 1 heterocycles. The molecule has 1 aliphatic rings. The highest BCUT2D eigenvalue weighted by molar-refractivity contribution is 9.09. The van der Waals surface area contributed by atoms with Gasteiger partial charge in [0.05, 0.1) is 11.2 Å². The van der Waals surface area contributed by atoms with Crippen LogP contribution in [-0.4, -0.2) is 14.6 Å². The van der Waals surface area contributed by atoms with Crippen molar-refractivity contribution in [2.24, 2.45) is 13.0 Å². The Labute approximate surface area is 117 Å². The monoisotopic (exact) mass is 306 g/mol. The van der Waals surface area contributed by atoms with Crippen LogP contribution >= 0.6 is 15.9 Å². The Morgan fingerprint density at radius 2 is 2.17 bits per heavy atom. The van der Waals surface area contributed by atoms with E-state index >= 15 is 0 Å². The zero-order valence-electron chi connectivity index (χ0n) is 10.8. The molecule has 0 spiro atoms. The van der Waals surface area contributed by atoms with Crippen LogP contribution in [0.5, 0.6) is 0 Å². The van der Waals surface area contributed by atoms with Gasteiger partial charge in [0, 0.05) is 17.3 Å². The van der Waals surface area contributed by atoms with E-state index in [0.29, 0.717) is 4.83 Å². The summed E-state index contributed by atoms with van der Waals surface area (Å²) in [6, 6.07) is 8.55. The summed E-state index contributed by atoms with van der Waals surface area (Å²) >= 11 is 3.77. The molecular formula is C15H19BrN2. The first-order valence-electron chi connectivity index (χ1n) is 6.78. The lowest BCUT2D eigenvalue weighted by atomic mass is 9.85. The normalized spacial score (nSPS) is 24.6. The second-order valence-corrected chi connectivity index (χ2v) is 6.72. The molecule has 2 atom stereocenters. The fourth-order valence-corrected chi connectivity index (χ4v) is 3.98. The lowest BCUT2D eigenvalue weighted by Gasteiger charge is -2.25. The van der Waals surface area contributed by atoms with Gasteiger partial charge in [-0.2, -0.15) is 5.10 Å². The predicted molar refractivity (Wildman–Crippen MR) is 79.1 cm³/mol. The molecule has 1 saturated carbocycles. The minimum atomic E-state index is 0.714. The van der Waals surface area contributed by atoms with Gasteiger partial charge in [0.1, 0.15) is 0 Å². The third-order valence-electron chi connectivity index (χ3n) is 4.04. The smallest absolute Gasteiger partial charge is 0.0706 e. The molecule has 2 unspecified atom stereocenters. The topological polar surface area (TPSA) is 17.8 Å². The maximum Gasteiger partial charge on any atom is 0.0706 e. The van der Waals surface area contributed by atoms with Gasteiger partial charge in [0.25, 0.3) is 0 Å². The van der Waals surface area contributed by atoms with Gasteiger partial charge in [-0.1, -0.05) is 40.5 Å². The molecule has 1 aromatic carbocycles. The van der Waals surface area contributed by atoms with E-state index in [1.165, 1.54) is 42.3 Å². The second-order valence-electron chi connectivity index (χ2n) is 5.42.